The molecule has 0 spiro atoms. The van der Waals surface area contributed by atoms with Crippen LogP contribution in [0.2, 0.25) is 0 Å². The Bertz CT molecular complexity index is 1030. The fraction of sp³-hybridized carbons (Fsp3) is 0.455. The first-order valence-electron chi connectivity index (χ1n) is 10.2. The quantitative estimate of drug-likeness (QED) is 0.730. The zero-order chi connectivity index (χ0) is 20.5. The third kappa shape index (κ3) is 3.97. The average Bonchev–Trinajstić information content (AvgIpc) is 3.45. The Hall–Kier alpha value is -2.51. The standard InChI is InChI=1S/C22H26FN3O3/c1-2-29-22(28)18-12-26(15-6-7-15)20-16(19(23)9-8-17(20)21(18)27)5-3-4-14-10-13(24)11-25-14/h3,5,8-9,12-15,25H,2,4,6-7,10-11,24H2,1H3/b5-3-/t13-,14+/m0/s1. The first-order valence-corrected chi connectivity index (χ1v) is 10.2. The van der Waals surface area contributed by atoms with Gasteiger partial charge < -0.3 is 20.4 Å². The van der Waals surface area contributed by atoms with Crippen molar-refractivity contribution in [3.8, 4) is 0 Å². The van der Waals surface area contributed by atoms with Crippen molar-refractivity contribution in [2.45, 2.75) is 50.7 Å². The Kier molecular flexibility index (Phi) is 5.52. The van der Waals surface area contributed by atoms with Crippen LogP contribution in [0.4, 0.5) is 4.39 Å². The number of ether oxygens (including phenoxy) is 1. The Morgan fingerprint density at radius 1 is 1.41 bits per heavy atom. The average molecular weight is 399 g/mol. The van der Waals surface area contributed by atoms with Gasteiger partial charge in [-0.1, -0.05) is 12.2 Å². The van der Waals surface area contributed by atoms with Crippen molar-refractivity contribution in [1.29, 1.82) is 0 Å². The molecule has 2 atom stereocenters. The summed E-state index contributed by atoms with van der Waals surface area (Å²) in [5, 5.41) is 3.69. The van der Waals surface area contributed by atoms with E-state index in [1.165, 1.54) is 18.3 Å². The van der Waals surface area contributed by atoms with E-state index < -0.39 is 11.4 Å². The summed E-state index contributed by atoms with van der Waals surface area (Å²) in [4.78, 5) is 25.2. The van der Waals surface area contributed by atoms with Gasteiger partial charge in [-0.05, 0) is 44.7 Å². The van der Waals surface area contributed by atoms with Crippen LogP contribution >= 0.6 is 0 Å². The summed E-state index contributed by atoms with van der Waals surface area (Å²) in [7, 11) is 0. The van der Waals surface area contributed by atoms with Crippen molar-refractivity contribution in [2.75, 3.05) is 13.2 Å². The van der Waals surface area contributed by atoms with E-state index in [0.717, 1.165) is 32.2 Å². The lowest BCUT2D eigenvalue weighted by Crippen LogP contribution is -2.23. The minimum Gasteiger partial charge on any atom is -0.462 e. The predicted molar refractivity (Wildman–Crippen MR) is 110 cm³/mol. The van der Waals surface area contributed by atoms with Crippen molar-refractivity contribution >= 4 is 22.9 Å². The van der Waals surface area contributed by atoms with E-state index in [-0.39, 0.29) is 36.1 Å². The zero-order valence-corrected chi connectivity index (χ0v) is 16.5. The van der Waals surface area contributed by atoms with Gasteiger partial charge in [-0.3, -0.25) is 4.79 Å². The SMILES string of the molecule is CCOC(=O)c1cn(C2CC2)c2c(/C=C\C[C@@H]3C[C@H](N)CN3)c(F)ccc2c1=O. The second-order valence-corrected chi connectivity index (χ2v) is 7.83. The van der Waals surface area contributed by atoms with E-state index >= 15 is 0 Å². The molecule has 1 saturated heterocycles. The molecule has 4 rings (SSSR count). The molecule has 1 saturated carbocycles. The van der Waals surface area contributed by atoms with Crippen LogP contribution in [0.25, 0.3) is 17.0 Å². The second kappa shape index (κ2) is 8.08. The molecule has 1 aliphatic carbocycles. The Morgan fingerprint density at radius 2 is 2.21 bits per heavy atom. The maximum Gasteiger partial charge on any atom is 0.343 e. The number of nitrogens with two attached hydrogens (primary N) is 1. The monoisotopic (exact) mass is 399 g/mol. The van der Waals surface area contributed by atoms with Crippen LogP contribution in [0.5, 0.6) is 0 Å². The Balaban J connectivity index is 1.78. The van der Waals surface area contributed by atoms with Gasteiger partial charge in [0.1, 0.15) is 11.4 Å². The van der Waals surface area contributed by atoms with Crippen LogP contribution in [0.15, 0.2) is 29.2 Å². The van der Waals surface area contributed by atoms with Crippen molar-refractivity contribution in [3.63, 3.8) is 0 Å². The number of aromatic nitrogens is 1. The molecule has 2 heterocycles. The highest BCUT2D eigenvalue weighted by Crippen LogP contribution is 2.38. The van der Waals surface area contributed by atoms with Crippen LogP contribution in [0, 0.1) is 5.82 Å². The number of carbonyl (C=O) groups excluding carboxylic acids is 1. The lowest BCUT2D eigenvalue weighted by molar-refractivity contribution is 0.0524. The summed E-state index contributed by atoms with van der Waals surface area (Å²) in [5.41, 5.74) is 6.41. The smallest absolute Gasteiger partial charge is 0.343 e. The number of hydrogen-bond acceptors (Lipinski definition) is 5. The molecule has 2 fully saturated rings. The number of rotatable bonds is 6. The van der Waals surface area contributed by atoms with Gasteiger partial charge in [0.25, 0.3) is 0 Å². The van der Waals surface area contributed by atoms with Crippen LogP contribution < -0.4 is 16.5 Å². The molecule has 6 nitrogen and oxygen atoms in total. The highest BCUT2D eigenvalue weighted by atomic mass is 19.1. The summed E-state index contributed by atoms with van der Waals surface area (Å²) >= 11 is 0. The molecule has 0 amide bonds. The first-order chi connectivity index (χ1) is 14.0. The number of carbonyl (C=O) groups is 1. The number of fused-ring (bicyclic) bond motifs is 1. The van der Waals surface area contributed by atoms with E-state index in [2.05, 4.69) is 5.32 Å². The minimum absolute atomic E-state index is 0.00284. The van der Waals surface area contributed by atoms with E-state index in [0.29, 0.717) is 16.5 Å². The fourth-order valence-corrected chi connectivity index (χ4v) is 3.99. The van der Waals surface area contributed by atoms with Gasteiger partial charge in [-0.25, -0.2) is 9.18 Å². The van der Waals surface area contributed by atoms with E-state index in [4.69, 9.17) is 10.5 Å². The molecule has 1 aromatic heterocycles. The van der Waals surface area contributed by atoms with Gasteiger partial charge in [-0.2, -0.15) is 0 Å². The molecule has 7 heteroatoms. The number of esters is 1. The first kappa shape index (κ1) is 19.8. The largest absolute Gasteiger partial charge is 0.462 e. The zero-order valence-electron chi connectivity index (χ0n) is 16.5. The summed E-state index contributed by atoms with van der Waals surface area (Å²) in [5.74, 6) is -1.03. The third-order valence-electron chi connectivity index (χ3n) is 5.58. The molecular formula is C22H26FN3O3. The molecular weight excluding hydrogens is 373 g/mol. The molecule has 29 heavy (non-hydrogen) atoms. The molecule has 154 valence electrons. The van der Waals surface area contributed by atoms with Crippen LogP contribution in [0.1, 0.15) is 54.6 Å². The summed E-state index contributed by atoms with van der Waals surface area (Å²) < 4.78 is 21.7. The van der Waals surface area contributed by atoms with Crippen LogP contribution in [-0.4, -0.2) is 35.8 Å². The van der Waals surface area contributed by atoms with Crippen LogP contribution in [-0.2, 0) is 4.74 Å². The molecule has 2 aliphatic rings. The van der Waals surface area contributed by atoms with E-state index in [1.807, 2.05) is 10.6 Å². The number of benzene rings is 1. The highest BCUT2D eigenvalue weighted by molar-refractivity contribution is 5.96. The van der Waals surface area contributed by atoms with Gasteiger partial charge in [0.05, 0.1) is 12.1 Å². The van der Waals surface area contributed by atoms with E-state index in [1.54, 1.807) is 13.0 Å². The lowest BCUT2D eigenvalue weighted by Gasteiger charge is -2.15. The second-order valence-electron chi connectivity index (χ2n) is 7.83. The number of nitrogens with zero attached hydrogens (tertiary/aromatic N) is 1. The van der Waals surface area contributed by atoms with Gasteiger partial charge >= 0.3 is 5.97 Å². The van der Waals surface area contributed by atoms with Crippen molar-refractivity contribution in [1.82, 2.24) is 9.88 Å². The normalized spacial score (nSPS) is 21.9. The summed E-state index contributed by atoms with van der Waals surface area (Å²) in [6.07, 6.45) is 8.69. The number of hydrogen-bond donors (Lipinski definition) is 2. The van der Waals surface area contributed by atoms with Crippen molar-refractivity contribution in [2.24, 2.45) is 5.73 Å². The highest BCUT2D eigenvalue weighted by Gasteiger charge is 2.28. The molecule has 3 N–H and O–H groups in total. The van der Waals surface area contributed by atoms with Crippen LogP contribution in [0.3, 0.4) is 0 Å². The molecule has 0 bridgehead atoms. The lowest BCUT2D eigenvalue weighted by atomic mass is 10.0. The summed E-state index contributed by atoms with van der Waals surface area (Å²) in [6, 6.07) is 3.35. The topological polar surface area (TPSA) is 86.3 Å². The van der Waals surface area contributed by atoms with Gasteiger partial charge in [-0.15, -0.1) is 0 Å². The van der Waals surface area contributed by atoms with E-state index in [9.17, 15) is 14.0 Å². The van der Waals surface area contributed by atoms with Gasteiger partial charge in [0, 0.05) is 41.8 Å². The minimum atomic E-state index is -0.640. The number of halogens is 1. The predicted octanol–water partition coefficient (Wildman–Crippen LogP) is 2.74. The summed E-state index contributed by atoms with van der Waals surface area (Å²) in [6.45, 7) is 2.68. The van der Waals surface area contributed by atoms with Gasteiger partial charge in [0.2, 0.25) is 5.43 Å². The molecule has 1 aliphatic heterocycles. The molecule has 0 unspecified atom stereocenters. The fourth-order valence-electron chi connectivity index (χ4n) is 3.99. The van der Waals surface area contributed by atoms with Crippen molar-refractivity contribution in [3.05, 3.63) is 51.6 Å². The van der Waals surface area contributed by atoms with Gasteiger partial charge in [0.15, 0.2) is 0 Å². The molecule has 1 aromatic carbocycles. The maximum absolute atomic E-state index is 14.8. The Morgan fingerprint density at radius 3 is 2.86 bits per heavy atom. The number of nitrogens with one attached hydrogen (secondary N) is 1. The van der Waals surface area contributed by atoms with Crippen molar-refractivity contribution < 1.29 is 13.9 Å². The molecule has 0 radical (unpaired) electrons. The Labute approximate surface area is 168 Å². The molecule has 2 aromatic rings. The number of pyridine rings is 1. The third-order valence-corrected chi connectivity index (χ3v) is 5.58. The maximum atomic E-state index is 14.8.